The van der Waals surface area contributed by atoms with Crippen LogP contribution in [0.1, 0.15) is 83.9 Å². The van der Waals surface area contributed by atoms with Gasteiger partial charge in [-0.25, -0.2) is 4.98 Å². The van der Waals surface area contributed by atoms with Crippen molar-refractivity contribution in [1.82, 2.24) is 41.9 Å². The van der Waals surface area contributed by atoms with E-state index in [-0.39, 0.29) is 37.5 Å². The zero-order valence-corrected chi connectivity index (χ0v) is 32.1. The zero-order chi connectivity index (χ0) is 40.5. The number of nitrogens with two attached hydrogens (primary N) is 1. The number of hydrogen-bond acceptors (Lipinski definition) is 9. The Labute approximate surface area is 321 Å². The van der Waals surface area contributed by atoms with Gasteiger partial charge in [0.05, 0.1) is 12.4 Å². The Kier molecular flexibility index (Phi) is 17.8. The first kappa shape index (κ1) is 44.1. The molecule has 17 nitrogen and oxygen atoms in total. The Morgan fingerprint density at radius 1 is 0.873 bits per heavy atom. The van der Waals surface area contributed by atoms with E-state index in [2.05, 4.69) is 41.9 Å². The number of imidazole rings is 1. The molecule has 0 unspecified atom stereocenters. The van der Waals surface area contributed by atoms with Crippen LogP contribution in [-0.2, 0) is 46.4 Å². The summed E-state index contributed by atoms with van der Waals surface area (Å²) in [4.78, 5) is 99.2. The molecule has 0 saturated carbocycles. The molecule has 10 N–H and O–H groups in total. The van der Waals surface area contributed by atoms with Crippen LogP contribution in [0.5, 0.6) is 0 Å². The summed E-state index contributed by atoms with van der Waals surface area (Å²) in [6.45, 7) is 7.82. The number of carboxylic acid groups (broad SMARTS) is 1. The summed E-state index contributed by atoms with van der Waals surface area (Å²) in [5.74, 6) is -5.41. The number of carbonyl (C=O) groups excluding carboxylic acids is 6. The van der Waals surface area contributed by atoms with Gasteiger partial charge in [-0.05, 0) is 55.9 Å². The van der Waals surface area contributed by atoms with Gasteiger partial charge in [-0.15, -0.1) is 0 Å². The normalized spacial score (nSPS) is 17.6. The predicted molar refractivity (Wildman–Crippen MR) is 203 cm³/mol. The van der Waals surface area contributed by atoms with Gasteiger partial charge in [0.15, 0.2) is 0 Å². The molecule has 0 aliphatic carbocycles. The third kappa shape index (κ3) is 14.8. The average Bonchev–Trinajstić information content (AvgIpc) is 3.58. The molecular formula is C38H57N9O8. The highest BCUT2D eigenvalue weighted by Crippen LogP contribution is 2.13. The lowest BCUT2D eigenvalue weighted by Gasteiger charge is -2.29. The van der Waals surface area contributed by atoms with E-state index in [4.69, 9.17) is 5.73 Å². The number of aromatic nitrogens is 2. The van der Waals surface area contributed by atoms with Crippen molar-refractivity contribution in [2.24, 2.45) is 17.6 Å². The molecular weight excluding hydrogens is 710 g/mol. The SMILES string of the molecule is CC[C@H](C)[C@@H](NC(=O)[C@H](CCC(=O)O)NC(=O)[C@H](Cc1cnc[nH]1)NC(=O)[C@H](CC(C)C)NC(=O)[C@H](N)Cc1ccccc1)C(=O)N[C@H]1CCCCNC1=O. The molecule has 302 valence electrons. The molecule has 1 aliphatic rings. The average molecular weight is 768 g/mol. The number of benzene rings is 1. The number of aliphatic carboxylic acids is 1. The Balaban J connectivity index is 1.81. The summed E-state index contributed by atoms with van der Waals surface area (Å²) in [6.07, 6.45) is 4.79. The van der Waals surface area contributed by atoms with Gasteiger partial charge in [0.1, 0.15) is 30.2 Å². The van der Waals surface area contributed by atoms with Crippen molar-refractivity contribution in [3.63, 3.8) is 0 Å². The Morgan fingerprint density at radius 2 is 1.53 bits per heavy atom. The third-order valence-electron chi connectivity index (χ3n) is 9.51. The number of hydrogen-bond donors (Lipinski definition) is 9. The number of rotatable bonds is 21. The lowest BCUT2D eigenvalue weighted by molar-refractivity contribution is -0.139. The molecule has 7 atom stereocenters. The Morgan fingerprint density at radius 3 is 2.16 bits per heavy atom. The van der Waals surface area contributed by atoms with Crippen LogP contribution in [0, 0.1) is 11.8 Å². The predicted octanol–water partition coefficient (Wildman–Crippen LogP) is 0.203. The summed E-state index contributed by atoms with van der Waals surface area (Å²) in [6, 6.07) is 2.55. The summed E-state index contributed by atoms with van der Waals surface area (Å²) in [5, 5.41) is 25.7. The highest BCUT2D eigenvalue weighted by Gasteiger charge is 2.35. The molecule has 3 rings (SSSR count). The van der Waals surface area contributed by atoms with Crippen LogP contribution >= 0.6 is 0 Å². The fourth-order valence-corrected chi connectivity index (χ4v) is 6.14. The molecule has 0 bridgehead atoms. The molecule has 2 heterocycles. The largest absolute Gasteiger partial charge is 0.481 e. The Hall–Kier alpha value is -5.32. The van der Waals surface area contributed by atoms with E-state index in [1.165, 1.54) is 12.5 Å². The van der Waals surface area contributed by atoms with Crippen LogP contribution in [0.2, 0.25) is 0 Å². The van der Waals surface area contributed by atoms with Gasteiger partial charge in [-0.1, -0.05) is 64.4 Å². The van der Waals surface area contributed by atoms with Gasteiger partial charge in [-0.2, -0.15) is 0 Å². The number of carboxylic acids is 1. The van der Waals surface area contributed by atoms with Crippen LogP contribution in [0.3, 0.4) is 0 Å². The molecule has 1 saturated heterocycles. The quantitative estimate of drug-likeness (QED) is 0.0833. The minimum absolute atomic E-state index is 0.0435. The molecule has 2 aromatic rings. The number of nitrogens with zero attached hydrogens (tertiary/aromatic N) is 1. The molecule has 1 aliphatic heterocycles. The standard InChI is InChI=1S/C38H57N9O8/c1-5-23(4)32(38(55)44-27-13-9-10-16-41-34(27)51)47-35(52)28(14-15-31(48)49)43-37(54)30(19-25-20-40-21-42-25)46-36(53)29(17-22(2)3)45-33(50)26(39)18-24-11-7-6-8-12-24/h6-8,11-12,20-23,26-30,32H,5,9-10,13-19,39H2,1-4H3,(H,40,42)(H,41,51)(H,43,54)(H,44,55)(H,45,50)(H,46,53)(H,47,52)(H,48,49)/t23-,26+,27-,28-,29-,30-,32+/m0/s1. The highest BCUT2D eigenvalue weighted by atomic mass is 16.4. The zero-order valence-electron chi connectivity index (χ0n) is 32.1. The molecule has 1 aromatic heterocycles. The van der Waals surface area contributed by atoms with Crippen molar-refractivity contribution in [3.05, 3.63) is 54.1 Å². The molecule has 6 amide bonds. The van der Waals surface area contributed by atoms with Gasteiger partial charge in [0.2, 0.25) is 35.4 Å². The van der Waals surface area contributed by atoms with E-state index in [1.54, 1.807) is 6.92 Å². The molecule has 17 heteroatoms. The second kappa shape index (κ2) is 22.2. The first-order valence-electron chi connectivity index (χ1n) is 19.0. The molecule has 55 heavy (non-hydrogen) atoms. The van der Waals surface area contributed by atoms with Crippen LogP contribution < -0.4 is 37.6 Å². The molecule has 0 radical (unpaired) electrons. The number of aromatic amines is 1. The van der Waals surface area contributed by atoms with Crippen LogP contribution in [0.15, 0.2) is 42.9 Å². The number of amides is 6. The van der Waals surface area contributed by atoms with Gasteiger partial charge in [-0.3, -0.25) is 33.6 Å². The van der Waals surface area contributed by atoms with Crippen molar-refractivity contribution < 1.29 is 38.7 Å². The minimum Gasteiger partial charge on any atom is -0.481 e. The van der Waals surface area contributed by atoms with Gasteiger partial charge >= 0.3 is 5.97 Å². The smallest absolute Gasteiger partial charge is 0.303 e. The molecule has 1 fully saturated rings. The fraction of sp³-hybridized carbons (Fsp3) is 0.579. The molecule has 1 aromatic carbocycles. The van der Waals surface area contributed by atoms with Crippen molar-refractivity contribution in [2.45, 2.75) is 122 Å². The number of carbonyl (C=O) groups is 7. The third-order valence-corrected chi connectivity index (χ3v) is 9.51. The van der Waals surface area contributed by atoms with E-state index in [0.717, 1.165) is 18.4 Å². The second-order valence-electron chi connectivity index (χ2n) is 14.5. The highest BCUT2D eigenvalue weighted by molar-refractivity contribution is 5.97. The van der Waals surface area contributed by atoms with E-state index >= 15 is 0 Å². The van der Waals surface area contributed by atoms with Gasteiger partial charge in [0.25, 0.3) is 0 Å². The van der Waals surface area contributed by atoms with Crippen molar-refractivity contribution in [2.75, 3.05) is 6.54 Å². The van der Waals surface area contributed by atoms with Crippen LogP contribution in [0.25, 0.3) is 0 Å². The lowest BCUT2D eigenvalue weighted by Crippen LogP contribution is -2.60. The van der Waals surface area contributed by atoms with Crippen LogP contribution in [0.4, 0.5) is 0 Å². The van der Waals surface area contributed by atoms with E-state index in [0.29, 0.717) is 25.1 Å². The summed E-state index contributed by atoms with van der Waals surface area (Å²) in [5.41, 5.74) is 7.51. The number of nitrogens with one attached hydrogen (secondary N) is 7. The first-order valence-corrected chi connectivity index (χ1v) is 19.0. The van der Waals surface area contributed by atoms with Crippen molar-refractivity contribution in [1.29, 1.82) is 0 Å². The summed E-state index contributed by atoms with van der Waals surface area (Å²) in [7, 11) is 0. The molecule has 0 spiro atoms. The maximum absolute atomic E-state index is 14.0. The Bertz CT molecular complexity index is 1590. The second-order valence-corrected chi connectivity index (χ2v) is 14.5. The fourth-order valence-electron chi connectivity index (χ4n) is 6.14. The minimum atomic E-state index is -1.42. The number of H-pyrrole nitrogens is 1. The van der Waals surface area contributed by atoms with Gasteiger partial charge < -0.3 is 47.7 Å². The maximum atomic E-state index is 14.0. The monoisotopic (exact) mass is 767 g/mol. The first-order chi connectivity index (χ1) is 26.2. The lowest BCUT2D eigenvalue weighted by atomic mass is 9.96. The van der Waals surface area contributed by atoms with E-state index < -0.39 is 84.1 Å². The van der Waals surface area contributed by atoms with E-state index in [9.17, 15) is 38.7 Å². The topological polar surface area (TPSA) is 267 Å². The van der Waals surface area contributed by atoms with Gasteiger partial charge in [0, 0.05) is 31.3 Å². The van der Waals surface area contributed by atoms with Crippen LogP contribution in [-0.4, -0.2) is 99.3 Å². The van der Waals surface area contributed by atoms with E-state index in [1.807, 2.05) is 51.1 Å². The van der Waals surface area contributed by atoms with Crippen molar-refractivity contribution >= 4 is 41.4 Å². The maximum Gasteiger partial charge on any atom is 0.303 e. The summed E-state index contributed by atoms with van der Waals surface area (Å²) >= 11 is 0. The van der Waals surface area contributed by atoms with Crippen molar-refractivity contribution in [3.8, 4) is 0 Å². The summed E-state index contributed by atoms with van der Waals surface area (Å²) < 4.78 is 0.